The maximum absolute atomic E-state index is 13.6. The molecule has 2 aliphatic heterocycles. The zero-order valence-corrected chi connectivity index (χ0v) is 19.8. The van der Waals surface area contributed by atoms with Crippen LogP contribution in [0.3, 0.4) is 0 Å². The van der Waals surface area contributed by atoms with Gasteiger partial charge in [0.2, 0.25) is 5.88 Å². The van der Waals surface area contributed by atoms with Gasteiger partial charge in [-0.1, -0.05) is 35.5 Å². The van der Waals surface area contributed by atoms with Crippen molar-refractivity contribution in [1.29, 1.82) is 0 Å². The van der Waals surface area contributed by atoms with Gasteiger partial charge in [-0.2, -0.15) is 0 Å². The van der Waals surface area contributed by atoms with Gasteiger partial charge in [-0.25, -0.2) is 4.39 Å². The van der Waals surface area contributed by atoms with Crippen molar-refractivity contribution in [3.05, 3.63) is 71.5 Å². The van der Waals surface area contributed by atoms with E-state index >= 15 is 0 Å². The number of halogens is 1. The lowest BCUT2D eigenvalue weighted by Gasteiger charge is -2.30. The SMILES string of the molecule is OC(CN(Cc1c(-c2ccc(F)cc2)noc1N1CCOCC1)CC1CCCO1)c1ccccc1. The summed E-state index contributed by atoms with van der Waals surface area (Å²) in [7, 11) is 0. The van der Waals surface area contributed by atoms with E-state index in [1.54, 1.807) is 12.1 Å². The predicted octanol–water partition coefficient (Wildman–Crippen LogP) is 4.03. The van der Waals surface area contributed by atoms with E-state index in [2.05, 4.69) is 15.0 Å². The van der Waals surface area contributed by atoms with E-state index in [9.17, 15) is 9.50 Å². The molecular weight excluding hydrogens is 449 g/mol. The number of aliphatic hydroxyl groups is 1. The van der Waals surface area contributed by atoms with Crippen LogP contribution in [-0.4, -0.2) is 67.3 Å². The van der Waals surface area contributed by atoms with Crippen LogP contribution in [0.15, 0.2) is 59.1 Å². The Bertz CT molecular complexity index is 1060. The molecule has 2 saturated heterocycles. The van der Waals surface area contributed by atoms with Crippen LogP contribution in [0.25, 0.3) is 11.3 Å². The molecule has 2 atom stereocenters. The van der Waals surface area contributed by atoms with Crippen molar-refractivity contribution in [2.24, 2.45) is 0 Å². The number of benzene rings is 2. The first-order valence-electron chi connectivity index (χ1n) is 12.3. The lowest BCUT2D eigenvalue weighted by Crippen LogP contribution is -2.38. The minimum absolute atomic E-state index is 0.124. The van der Waals surface area contributed by atoms with Crippen molar-refractivity contribution < 1.29 is 23.5 Å². The van der Waals surface area contributed by atoms with Crippen molar-refractivity contribution in [2.75, 3.05) is 50.9 Å². The molecule has 3 heterocycles. The number of hydrogen-bond donors (Lipinski definition) is 1. The largest absolute Gasteiger partial charge is 0.387 e. The number of hydrogen-bond acceptors (Lipinski definition) is 7. The monoisotopic (exact) mass is 481 g/mol. The third kappa shape index (κ3) is 5.90. The van der Waals surface area contributed by atoms with Gasteiger partial charge in [0.15, 0.2) is 0 Å². The number of nitrogens with zero attached hydrogens (tertiary/aromatic N) is 3. The second-order valence-corrected chi connectivity index (χ2v) is 9.18. The summed E-state index contributed by atoms with van der Waals surface area (Å²) in [5.41, 5.74) is 3.29. The molecule has 1 N–H and O–H groups in total. The summed E-state index contributed by atoms with van der Waals surface area (Å²) in [4.78, 5) is 4.37. The molecule has 186 valence electrons. The summed E-state index contributed by atoms with van der Waals surface area (Å²) in [6.07, 6.45) is 1.53. The van der Waals surface area contributed by atoms with Crippen LogP contribution in [0.1, 0.15) is 30.1 Å². The Labute approximate surface area is 205 Å². The lowest BCUT2D eigenvalue weighted by atomic mass is 10.0. The lowest BCUT2D eigenvalue weighted by molar-refractivity contribution is 0.0460. The highest BCUT2D eigenvalue weighted by Gasteiger charge is 2.28. The highest BCUT2D eigenvalue weighted by molar-refractivity contribution is 5.68. The van der Waals surface area contributed by atoms with E-state index < -0.39 is 6.10 Å². The highest BCUT2D eigenvalue weighted by atomic mass is 19.1. The number of ether oxygens (including phenoxy) is 2. The van der Waals surface area contributed by atoms with Crippen molar-refractivity contribution in [1.82, 2.24) is 10.1 Å². The normalized spacial score (nSPS) is 19.4. The second-order valence-electron chi connectivity index (χ2n) is 9.18. The molecular formula is C27H32FN3O4. The molecule has 2 unspecified atom stereocenters. The van der Waals surface area contributed by atoms with Crippen LogP contribution >= 0.6 is 0 Å². The fraction of sp³-hybridized carbons (Fsp3) is 0.444. The summed E-state index contributed by atoms with van der Waals surface area (Å²) >= 11 is 0. The van der Waals surface area contributed by atoms with Gasteiger partial charge in [0.05, 0.1) is 31.0 Å². The minimum atomic E-state index is -0.640. The molecule has 0 bridgehead atoms. The highest BCUT2D eigenvalue weighted by Crippen LogP contribution is 2.34. The van der Waals surface area contributed by atoms with Gasteiger partial charge in [0.25, 0.3) is 0 Å². The number of morpholine rings is 1. The average molecular weight is 482 g/mol. The van der Waals surface area contributed by atoms with Crippen molar-refractivity contribution >= 4 is 5.88 Å². The first-order valence-corrected chi connectivity index (χ1v) is 12.3. The second kappa shape index (κ2) is 11.3. The minimum Gasteiger partial charge on any atom is -0.387 e. The van der Waals surface area contributed by atoms with Gasteiger partial charge in [0.1, 0.15) is 11.5 Å². The van der Waals surface area contributed by atoms with Crippen LogP contribution in [0.4, 0.5) is 10.3 Å². The molecule has 1 aromatic heterocycles. The molecule has 3 aromatic rings. The first kappa shape index (κ1) is 23.9. The summed E-state index contributed by atoms with van der Waals surface area (Å²) < 4.78 is 31.0. The van der Waals surface area contributed by atoms with E-state index in [1.807, 2.05) is 30.3 Å². The van der Waals surface area contributed by atoms with E-state index in [1.165, 1.54) is 12.1 Å². The number of aliphatic hydroxyl groups excluding tert-OH is 1. The molecule has 5 rings (SSSR count). The molecule has 35 heavy (non-hydrogen) atoms. The zero-order chi connectivity index (χ0) is 24.0. The molecule has 2 aromatic carbocycles. The third-order valence-corrected chi connectivity index (χ3v) is 6.67. The predicted molar refractivity (Wildman–Crippen MR) is 131 cm³/mol. The molecule has 0 aliphatic carbocycles. The Kier molecular flexibility index (Phi) is 7.73. The molecule has 2 aliphatic rings. The average Bonchev–Trinajstić information content (AvgIpc) is 3.56. The molecule has 2 fully saturated rings. The first-order chi connectivity index (χ1) is 17.2. The van der Waals surface area contributed by atoms with Crippen LogP contribution in [0.5, 0.6) is 0 Å². The summed E-state index contributed by atoms with van der Waals surface area (Å²) in [6, 6.07) is 16.0. The number of anilines is 1. The molecule has 0 amide bonds. The van der Waals surface area contributed by atoms with E-state index in [4.69, 9.17) is 14.0 Å². The molecule has 0 saturated carbocycles. The van der Waals surface area contributed by atoms with E-state index in [0.29, 0.717) is 57.5 Å². The van der Waals surface area contributed by atoms with Gasteiger partial charge in [-0.15, -0.1) is 0 Å². The smallest absolute Gasteiger partial charge is 0.232 e. The standard InChI is InChI=1S/C27H32FN3O4/c28-22-10-8-21(9-11-22)26-24(27(35-29-26)31-12-15-33-16-13-31)18-30(17-23-7-4-14-34-23)19-25(32)20-5-2-1-3-6-20/h1-3,5-6,8-11,23,25,32H,4,7,12-19H2. The number of aromatic nitrogens is 1. The van der Waals surface area contributed by atoms with E-state index in [0.717, 1.165) is 36.1 Å². The van der Waals surface area contributed by atoms with Gasteiger partial charge in [-0.3, -0.25) is 4.90 Å². The fourth-order valence-corrected chi connectivity index (χ4v) is 4.82. The summed E-state index contributed by atoms with van der Waals surface area (Å²) in [5, 5.41) is 15.5. The Balaban J connectivity index is 1.46. The molecule has 7 nitrogen and oxygen atoms in total. The zero-order valence-electron chi connectivity index (χ0n) is 19.8. The van der Waals surface area contributed by atoms with E-state index in [-0.39, 0.29) is 11.9 Å². The number of rotatable bonds is 9. The topological polar surface area (TPSA) is 71.2 Å². The fourth-order valence-electron chi connectivity index (χ4n) is 4.82. The Morgan fingerprint density at radius 2 is 1.83 bits per heavy atom. The van der Waals surface area contributed by atoms with Crippen molar-refractivity contribution in [2.45, 2.75) is 31.6 Å². The van der Waals surface area contributed by atoms with Gasteiger partial charge in [0, 0.05) is 44.9 Å². The molecule has 0 spiro atoms. The molecule has 0 radical (unpaired) electrons. The van der Waals surface area contributed by atoms with Crippen LogP contribution in [-0.2, 0) is 16.0 Å². The van der Waals surface area contributed by atoms with Gasteiger partial charge in [-0.05, 0) is 42.7 Å². The van der Waals surface area contributed by atoms with Crippen LogP contribution < -0.4 is 4.90 Å². The molecule has 8 heteroatoms. The summed E-state index contributed by atoms with van der Waals surface area (Å²) in [6.45, 7) is 5.10. The third-order valence-electron chi connectivity index (χ3n) is 6.67. The van der Waals surface area contributed by atoms with Crippen LogP contribution in [0.2, 0.25) is 0 Å². The van der Waals surface area contributed by atoms with Crippen LogP contribution in [0, 0.1) is 5.82 Å². The Morgan fingerprint density at radius 3 is 2.54 bits per heavy atom. The Morgan fingerprint density at radius 1 is 1.06 bits per heavy atom. The van der Waals surface area contributed by atoms with Crippen molar-refractivity contribution in [3.8, 4) is 11.3 Å². The van der Waals surface area contributed by atoms with Crippen molar-refractivity contribution in [3.63, 3.8) is 0 Å². The quantitative estimate of drug-likeness (QED) is 0.495. The summed E-state index contributed by atoms with van der Waals surface area (Å²) in [5.74, 6) is 0.414. The maximum atomic E-state index is 13.6. The Hall–Kier alpha value is -2.78. The van der Waals surface area contributed by atoms with Gasteiger partial charge < -0.3 is 24.0 Å². The van der Waals surface area contributed by atoms with Gasteiger partial charge >= 0.3 is 0 Å². The maximum Gasteiger partial charge on any atom is 0.232 e.